The fourth-order valence-corrected chi connectivity index (χ4v) is 2.31. The Morgan fingerprint density at radius 3 is 2.40 bits per heavy atom. The molecule has 1 saturated heterocycles. The van der Waals surface area contributed by atoms with Crippen molar-refractivity contribution in [3.8, 4) is 0 Å². The van der Waals surface area contributed by atoms with E-state index in [4.69, 9.17) is 0 Å². The third kappa shape index (κ3) is 3.69. The molecule has 0 spiro atoms. The molecule has 7 heteroatoms. The van der Waals surface area contributed by atoms with Gasteiger partial charge in [0, 0.05) is 33.7 Å². The van der Waals surface area contributed by atoms with Gasteiger partial charge in [-0.25, -0.2) is 0 Å². The van der Waals surface area contributed by atoms with E-state index in [0.29, 0.717) is 23.9 Å². The van der Waals surface area contributed by atoms with Gasteiger partial charge in [-0.2, -0.15) is 15.0 Å². The van der Waals surface area contributed by atoms with Crippen molar-refractivity contribution in [2.24, 2.45) is 0 Å². The standard InChI is InChI=1S/C13H25N7/c1-10(20-7-5-6-8-20)9-15-12-16-11(14-2)17-13(18-12)19(3)4/h10H,5-9H2,1-4H3,(H2,14,15,16,17,18). The van der Waals surface area contributed by atoms with Crippen molar-refractivity contribution in [2.45, 2.75) is 25.8 Å². The van der Waals surface area contributed by atoms with Gasteiger partial charge in [0.25, 0.3) is 0 Å². The Morgan fingerprint density at radius 1 is 1.15 bits per heavy atom. The zero-order chi connectivity index (χ0) is 14.5. The molecule has 2 heterocycles. The fourth-order valence-electron chi connectivity index (χ4n) is 2.31. The maximum atomic E-state index is 4.41. The van der Waals surface area contributed by atoms with Crippen molar-refractivity contribution in [1.82, 2.24) is 19.9 Å². The molecule has 1 aliphatic heterocycles. The SMILES string of the molecule is CNc1nc(NCC(C)N2CCCC2)nc(N(C)C)n1. The van der Waals surface area contributed by atoms with Crippen LogP contribution in [0.3, 0.4) is 0 Å². The summed E-state index contributed by atoms with van der Waals surface area (Å²) in [6.07, 6.45) is 2.62. The van der Waals surface area contributed by atoms with Crippen molar-refractivity contribution in [1.29, 1.82) is 0 Å². The van der Waals surface area contributed by atoms with Gasteiger partial charge < -0.3 is 15.5 Å². The number of nitrogens with one attached hydrogen (secondary N) is 2. The number of hydrogen-bond donors (Lipinski definition) is 2. The number of rotatable bonds is 6. The third-order valence-corrected chi connectivity index (χ3v) is 3.57. The first-order valence-electron chi connectivity index (χ1n) is 7.19. The predicted octanol–water partition coefficient (Wildman–Crippen LogP) is 0.875. The van der Waals surface area contributed by atoms with Gasteiger partial charge in [-0.05, 0) is 32.9 Å². The molecule has 2 N–H and O–H groups in total. The first kappa shape index (κ1) is 14.8. The van der Waals surface area contributed by atoms with Gasteiger partial charge in [0.1, 0.15) is 0 Å². The summed E-state index contributed by atoms with van der Waals surface area (Å²) in [5.74, 6) is 1.86. The van der Waals surface area contributed by atoms with Gasteiger partial charge in [-0.3, -0.25) is 4.90 Å². The molecule has 2 rings (SSSR count). The highest BCUT2D eigenvalue weighted by molar-refractivity contribution is 5.42. The van der Waals surface area contributed by atoms with Crippen molar-refractivity contribution >= 4 is 17.8 Å². The highest BCUT2D eigenvalue weighted by atomic mass is 15.3. The normalized spacial score (nSPS) is 17.0. The Kier molecular flexibility index (Phi) is 4.94. The van der Waals surface area contributed by atoms with Gasteiger partial charge in [0.05, 0.1) is 0 Å². The second-order valence-corrected chi connectivity index (χ2v) is 5.40. The third-order valence-electron chi connectivity index (χ3n) is 3.57. The van der Waals surface area contributed by atoms with Crippen LogP contribution >= 0.6 is 0 Å². The van der Waals surface area contributed by atoms with Crippen LogP contribution in [0.4, 0.5) is 17.8 Å². The largest absolute Gasteiger partial charge is 0.357 e. The quantitative estimate of drug-likeness (QED) is 0.801. The van der Waals surface area contributed by atoms with E-state index < -0.39 is 0 Å². The minimum Gasteiger partial charge on any atom is -0.357 e. The lowest BCUT2D eigenvalue weighted by Gasteiger charge is -2.24. The van der Waals surface area contributed by atoms with Gasteiger partial charge in [-0.15, -0.1) is 0 Å². The predicted molar refractivity (Wildman–Crippen MR) is 82.5 cm³/mol. The number of likely N-dealkylation sites (tertiary alicyclic amines) is 1. The highest BCUT2D eigenvalue weighted by Crippen LogP contribution is 2.14. The summed E-state index contributed by atoms with van der Waals surface area (Å²) in [4.78, 5) is 17.4. The highest BCUT2D eigenvalue weighted by Gasteiger charge is 2.18. The summed E-state index contributed by atoms with van der Waals surface area (Å²) in [6, 6.07) is 0.495. The Balaban J connectivity index is 1.99. The van der Waals surface area contributed by atoms with Crippen LogP contribution in [0.25, 0.3) is 0 Å². The first-order valence-corrected chi connectivity index (χ1v) is 7.19. The van der Waals surface area contributed by atoms with Crippen LogP contribution in [0.2, 0.25) is 0 Å². The molecule has 1 unspecified atom stereocenters. The molecular weight excluding hydrogens is 254 g/mol. The van der Waals surface area contributed by atoms with E-state index in [-0.39, 0.29) is 0 Å². The van der Waals surface area contributed by atoms with Gasteiger partial charge in [0.15, 0.2) is 0 Å². The molecule has 0 radical (unpaired) electrons. The number of aromatic nitrogens is 3. The first-order chi connectivity index (χ1) is 9.60. The van der Waals surface area contributed by atoms with Gasteiger partial charge >= 0.3 is 0 Å². The summed E-state index contributed by atoms with van der Waals surface area (Å²) in [5.41, 5.74) is 0. The number of nitrogens with zero attached hydrogens (tertiary/aromatic N) is 5. The van der Waals surface area contributed by atoms with Crippen LogP contribution in [-0.2, 0) is 0 Å². The van der Waals surface area contributed by atoms with Crippen molar-refractivity contribution in [3.05, 3.63) is 0 Å². The van der Waals surface area contributed by atoms with E-state index in [1.807, 2.05) is 26.0 Å². The van der Waals surface area contributed by atoms with E-state index in [1.165, 1.54) is 25.9 Å². The summed E-state index contributed by atoms with van der Waals surface area (Å²) >= 11 is 0. The minimum atomic E-state index is 0.495. The van der Waals surface area contributed by atoms with Gasteiger partial charge in [0.2, 0.25) is 17.8 Å². The van der Waals surface area contributed by atoms with Crippen LogP contribution in [-0.4, -0.2) is 66.7 Å². The molecule has 112 valence electrons. The van der Waals surface area contributed by atoms with E-state index >= 15 is 0 Å². The summed E-state index contributed by atoms with van der Waals surface area (Å²) in [6.45, 7) is 5.49. The van der Waals surface area contributed by atoms with Crippen molar-refractivity contribution in [3.63, 3.8) is 0 Å². The average molecular weight is 279 g/mol. The Bertz CT molecular complexity index is 429. The summed E-state index contributed by atoms with van der Waals surface area (Å²) < 4.78 is 0. The molecule has 0 bridgehead atoms. The lowest BCUT2D eigenvalue weighted by atomic mass is 10.3. The van der Waals surface area contributed by atoms with Gasteiger partial charge in [-0.1, -0.05) is 0 Å². The molecule has 1 aromatic rings. The second kappa shape index (κ2) is 6.69. The molecule has 1 atom stereocenters. The van der Waals surface area contributed by atoms with Crippen molar-refractivity contribution in [2.75, 3.05) is 56.3 Å². The zero-order valence-corrected chi connectivity index (χ0v) is 12.8. The summed E-state index contributed by atoms with van der Waals surface area (Å²) in [7, 11) is 5.65. The van der Waals surface area contributed by atoms with E-state index in [2.05, 4.69) is 37.4 Å². The fraction of sp³-hybridized carbons (Fsp3) is 0.769. The van der Waals surface area contributed by atoms with Crippen LogP contribution in [0.1, 0.15) is 19.8 Å². The molecule has 0 aliphatic carbocycles. The lowest BCUT2D eigenvalue weighted by molar-refractivity contribution is 0.269. The molecule has 7 nitrogen and oxygen atoms in total. The maximum Gasteiger partial charge on any atom is 0.231 e. The Hall–Kier alpha value is -1.63. The van der Waals surface area contributed by atoms with E-state index in [9.17, 15) is 0 Å². The van der Waals surface area contributed by atoms with Crippen LogP contribution in [0, 0.1) is 0 Å². The molecule has 0 amide bonds. The molecule has 1 fully saturated rings. The average Bonchev–Trinajstić information content (AvgIpc) is 2.98. The molecule has 20 heavy (non-hydrogen) atoms. The molecular formula is C13H25N7. The smallest absolute Gasteiger partial charge is 0.231 e. The second-order valence-electron chi connectivity index (χ2n) is 5.40. The molecule has 0 saturated carbocycles. The van der Waals surface area contributed by atoms with E-state index in [0.717, 1.165) is 6.54 Å². The van der Waals surface area contributed by atoms with Crippen LogP contribution in [0.15, 0.2) is 0 Å². The van der Waals surface area contributed by atoms with Crippen molar-refractivity contribution < 1.29 is 0 Å². The molecule has 0 aromatic carbocycles. The van der Waals surface area contributed by atoms with Crippen LogP contribution in [0.5, 0.6) is 0 Å². The number of hydrogen-bond acceptors (Lipinski definition) is 7. The lowest BCUT2D eigenvalue weighted by Crippen LogP contribution is -2.36. The topological polar surface area (TPSA) is 69.2 Å². The monoisotopic (exact) mass is 279 g/mol. The van der Waals surface area contributed by atoms with Crippen LogP contribution < -0.4 is 15.5 Å². The maximum absolute atomic E-state index is 4.41. The molecule has 1 aliphatic rings. The Morgan fingerprint density at radius 2 is 1.80 bits per heavy atom. The van der Waals surface area contributed by atoms with E-state index in [1.54, 1.807) is 0 Å². The number of anilines is 3. The minimum absolute atomic E-state index is 0.495. The zero-order valence-electron chi connectivity index (χ0n) is 12.8. The summed E-state index contributed by atoms with van der Waals surface area (Å²) in [5, 5.41) is 6.29. The Labute approximate surface area is 120 Å². The molecule has 1 aromatic heterocycles.